The van der Waals surface area contributed by atoms with Gasteiger partial charge in [0.1, 0.15) is 0 Å². The Labute approximate surface area is 109 Å². The van der Waals surface area contributed by atoms with Crippen LogP contribution in [-0.2, 0) is 4.79 Å². The van der Waals surface area contributed by atoms with Crippen molar-refractivity contribution in [1.82, 2.24) is 4.90 Å². The summed E-state index contributed by atoms with van der Waals surface area (Å²) in [5.74, 6) is -1.86. The number of carbonyl (C=O) groups excluding carboxylic acids is 3. The lowest BCUT2D eigenvalue weighted by molar-refractivity contribution is -0.119. The highest BCUT2D eigenvalue weighted by molar-refractivity contribution is 6.26. The smallest absolute Gasteiger partial charge is 0.323 e. The van der Waals surface area contributed by atoms with Gasteiger partial charge in [-0.2, -0.15) is 4.79 Å². The molecule has 0 fully saturated rings. The molecule has 1 aliphatic rings. The fraction of sp³-hybridized carbons (Fsp3) is 0.231. The van der Waals surface area contributed by atoms with Crippen molar-refractivity contribution in [1.29, 1.82) is 0 Å². The lowest BCUT2D eigenvalue weighted by Gasteiger charge is -2.16. The second-order valence-corrected chi connectivity index (χ2v) is 4.31. The summed E-state index contributed by atoms with van der Waals surface area (Å²) >= 11 is 0. The number of hydrogen-bond donors (Lipinski definition) is 0. The van der Waals surface area contributed by atoms with Crippen molar-refractivity contribution in [3.63, 3.8) is 0 Å². The highest BCUT2D eigenvalue weighted by Gasteiger charge is 2.36. The third kappa shape index (κ3) is 2.21. The molecule has 1 aliphatic heterocycles. The minimum absolute atomic E-state index is 0.0306. The fourth-order valence-electron chi connectivity index (χ4n) is 1.95. The van der Waals surface area contributed by atoms with Gasteiger partial charge in [0, 0.05) is 12.5 Å². The molecule has 0 saturated carbocycles. The van der Waals surface area contributed by atoms with E-state index in [-0.39, 0.29) is 6.54 Å². The van der Waals surface area contributed by atoms with E-state index in [1.807, 2.05) is 0 Å². The van der Waals surface area contributed by atoms with Gasteiger partial charge >= 0.3 is 6.21 Å². The number of ketones is 1. The molecule has 2 rings (SSSR count). The average Bonchev–Trinajstić information content (AvgIpc) is 2.65. The monoisotopic (exact) mass is 257 g/mol. The van der Waals surface area contributed by atoms with E-state index in [4.69, 9.17) is 5.53 Å². The fourth-order valence-corrected chi connectivity index (χ4v) is 1.95. The van der Waals surface area contributed by atoms with E-state index in [0.29, 0.717) is 11.1 Å². The Morgan fingerprint density at radius 1 is 1.32 bits per heavy atom. The molecular weight excluding hydrogens is 246 g/mol. The van der Waals surface area contributed by atoms with E-state index in [1.165, 1.54) is 0 Å². The lowest BCUT2D eigenvalue weighted by atomic mass is 10.1. The van der Waals surface area contributed by atoms with Crippen LogP contribution in [0.15, 0.2) is 24.3 Å². The highest BCUT2D eigenvalue weighted by atomic mass is 16.2. The number of carbonyl (C=O) groups is 3. The zero-order chi connectivity index (χ0) is 14.0. The van der Waals surface area contributed by atoms with Crippen molar-refractivity contribution in [3.8, 4) is 0 Å². The van der Waals surface area contributed by atoms with Gasteiger partial charge in [0.2, 0.25) is 5.78 Å². The van der Waals surface area contributed by atoms with Crippen molar-refractivity contribution >= 4 is 23.8 Å². The standard InChI is InChI=1S/C13H11N3O3/c1-8(11(17)6-15-14)7-16-12(18)9-4-2-3-5-10(9)13(16)19/h2-6,8H,7H2,1H3/t8-/m0/s1. The molecule has 96 valence electrons. The van der Waals surface area contributed by atoms with Crippen LogP contribution in [0.25, 0.3) is 5.53 Å². The van der Waals surface area contributed by atoms with Crippen LogP contribution in [0.5, 0.6) is 0 Å². The Kier molecular flexibility index (Phi) is 3.35. The van der Waals surface area contributed by atoms with E-state index in [2.05, 4.69) is 4.79 Å². The third-order valence-electron chi connectivity index (χ3n) is 3.01. The molecule has 6 nitrogen and oxygen atoms in total. The van der Waals surface area contributed by atoms with E-state index < -0.39 is 23.5 Å². The van der Waals surface area contributed by atoms with Gasteiger partial charge in [0.15, 0.2) is 0 Å². The predicted molar refractivity (Wildman–Crippen MR) is 65.7 cm³/mol. The largest absolute Gasteiger partial charge is 0.361 e. The second kappa shape index (κ2) is 4.96. The average molecular weight is 257 g/mol. The molecule has 1 atom stereocenters. The number of Topliss-reactive ketones (excluding diaryl/α,β-unsaturated/α-hetero) is 1. The van der Waals surface area contributed by atoms with Crippen molar-refractivity contribution < 1.29 is 19.2 Å². The molecule has 6 heteroatoms. The summed E-state index contributed by atoms with van der Waals surface area (Å²) in [5, 5.41) is 0. The minimum Gasteiger partial charge on any atom is -0.361 e. The number of benzene rings is 1. The van der Waals surface area contributed by atoms with E-state index in [1.54, 1.807) is 31.2 Å². The van der Waals surface area contributed by atoms with Crippen molar-refractivity contribution in [3.05, 3.63) is 40.9 Å². The molecule has 0 aromatic heterocycles. The zero-order valence-electron chi connectivity index (χ0n) is 10.2. The SMILES string of the molecule is C[C@@H](CN1C(=O)c2ccccc2C1=O)C(=O)C=[N+]=[N-]. The summed E-state index contributed by atoms with van der Waals surface area (Å²) in [6, 6.07) is 6.52. The Hall–Kier alpha value is -2.59. The first-order valence-electron chi connectivity index (χ1n) is 5.72. The first kappa shape index (κ1) is 12.9. The van der Waals surface area contributed by atoms with Gasteiger partial charge in [0.25, 0.3) is 11.8 Å². The Morgan fingerprint density at radius 3 is 2.32 bits per heavy atom. The van der Waals surface area contributed by atoms with Crippen LogP contribution in [0.4, 0.5) is 0 Å². The molecule has 1 aromatic rings. The molecule has 2 amide bonds. The summed E-state index contributed by atoms with van der Waals surface area (Å²) in [7, 11) is 0. The zero-order valence-corrected chi connectivity index (χ0v) is 10.2. The Morgan fingerprint density at radius 2 is 1.84 bits per heavy atom. The number of hydrogen-bond acceptors (Lipinski definition) is 3. The molecule has 1 heterocycles. The second-order valence-electron chi connectivity index (χ2n) is 4.31. The molecule has 0 saturated heterocycles. The van der Waals surface area contributed by atoms with Crippen LogP contribution in [-0.4, -0.2) is 40.0 Å². The van der Waals surface area contributed by atoms with E-state index >= 15 is 0 Å². The predicted octanol–water partition coefficient (Wildman–Crippen LogP) is 0.788. The van der Waals surface area contributed by atoms with E-state index in [0.717, 1.165) is 11.1 Å². The highest BCUT2D eigenvalue weighted by Crippen LogP contribution is 2.23. The summed E-state index contributed by atoms with van der Waals surface area (Å²) in [4.78, 5) is 39.2. The molecule has 0 N–H and O–H groups in total. The number of fused-ring (bicyclic) bond motifs is 1. The van der Waals surface area contributed by atoms with Crippen molar-refractivity contribution in [2.75, 3.05) is 6.54 Å². The van der Waals surface area contributed by atoms with Crippen LogP contribution in [0.1, 0.15) is 27.6 Å². The maximum absolute atomic E-state index is 12.0. The summed E-state index contributed by atoms with van der Waals surface area (Å²) in [5.41, 5.74) is 8.99. The molecule has 19 heavy (non-hydrogen) atoms. The van der Waals surface area contributed by atoms with Gasteiger partial charge in [0.05, 0.1) is 11.1 Å². The van der Waals surface area contributed by atoms with Crippen LogP contribution in [0.2, 0.25) is 0 Å². The molecule has 0 unspecified atom stereocenters. The molecule has 0 aliphatic carbocycles. The van der Waals surface area contributed by atoms with Gasteiger partial charge in [-0.3, -0.25) is 19.3 Å². The van der Waals surface area contributed by atoms with Gasteiger partial charge in [-0.05, 0) is 12.1 Å². The van der Waals surface area contributed by atoms with Crippen LogP contribution in [0, 0.1) is 5.92 Å². The first-order valence-corrected chi connectivity index (χ1v) is 5.72. The van der Waals surface area contributed by atoms with Crippen LogP contribution >= 0.6 is 0 Å². The lowest BCUT2D eigenvalue weighted by Crippen LogP contribution is -2.36. The summed E-state index contributed by atoms with van der Waals surface area (Å²) in [6.07, 6.45) is 0.767. The molecule has 0 radical (unpaired) electrons. The van der Waals surface area contributed by atoms with Crippen LogP contribution in [0.3, 0.4) is 0 Å². The number of amides is 2. The van der Waals surface area contributed by atoms with Crippen molar-refractivity contribution in [2.45, 2.75) is 6.92 Å². The third-order valence-corrected chi connectivity index (χ3v) is 3.01. The van der Waals surface area contributed by atoms with Crippen molar-refractivity contribution in [2.24, 2.45) is 5.92 Å². The Bertz CT molecular complexity index is 582. The Balaban J connectivity index is 2.21. The van der Waals surface area contributed by atoms with Gasteiger partial charge in [-0.1, -0.05) is 19.1 Å². The van der Waals surface area contributed by atoms with Gasteiger partial charge in [-0.25, -0.2) is 0 Å². The quantitative estimate of drug-likeness (QED) is 0.345. The number of imide groups is 1. The van der Waals surface area contributed by atoms with Gasteiger partial charge < -0.3 is 5.53 Å². The normalized spacial score (nSPS) is 14.9. The maximum atomic E-state index is 12.0. The molecule has 0 bridgehead atoms. The number of rotatable bonds is 4. The first-order chi connectivity index (χ1) is 9.06. The van der Waals surface area contributed by atoms with Gasteiger partial charge in [-0.15, -0.1) is 0 Å². The molecule has 1 aromatic carbocycles. The summed E-state index contributed by atoms with van der Waals surface area (Å²) in [6.45, 7) is 1.53. The minimum atomic E-state index is -0.613. The maximum Gasteiger partial charge on any atom is 0.323 e. The molecular formula is C13H11N3O3. The molecule has 0 spiro atoms. The topological polar surface area (TPSA) is 90.9 Å². The van der Waals surface area contributed by atoms with E-state index in [9.17, 15) is 14.4 Å². The van der Waals surface area contributed by atoms with Crippen LogP contribution < -0.4 is 0 Å². The summed E-state index contributed by atoms with van der Waals surface area (Å²) < 4.78 is 0. The number of nitrogens with zero attached hydrogens (tertiary/aromatic N) is 3.